The Hall–Kier alpha value is -2.07. The number of hydrogen-bond donors (Lipinski definition) is 1. The number of carboxylic acids is 1. The quantitative estimate of drug-likeness (QED) is 0.584. The van der Waals surface area contributed by atoms with E-state index in [-0.39, 0.29) is 6.42 Å². The zero-order valence-corrected chi connectivity index (χ0v) is 16.8. The molecule has 1 aromatic heterocycles. The van der Waals surface area contributed by atoms with Crippen LogP contribution in [0.1, 0.15) is 60.3 Å². The molecule has 1 aromatic carbocycles. The number of rotatable bonds is 8. The van der Waals surface area contributed by atoms with Crippen LogP contribution in [-0.4, -0.2) is 17.7 Å². The zero-order valence-electron chi connectivity index (χ0n) is 16.0. The maximum absolute atomic E-state index is 10.6. The first-order valence-corrected chi connectivity index (χ1v) is 10.6. The summed E-state index contributed by atoms with van der Waals surface area (Å²) >= 11 is 1.89. The van der Waals surface area contributed by atoms with Gasteiger partial charge in [-0.2, -0.15) is 0 Å². The largest absolute Gasteiger partial charge is 0.489 e. The van der Waals surface area contributed by atoms with E-state index < -0.39 is 5.97 Å². The number of allylic oxidation sites excluding steroid dienone is 1. The molecule has 0 fully saturated rings. The van der Waals surface area contributed by atoms with E-state index in [2.05, 4.69) is 19.1 Å². The highest BCUT2D eigenvalue weighted by molar-refractivity contribution is 7.13. The first kappa shape index (κ1) is 19.7. The highest BCUT2D eigenvalue weighted by Gasteiger charge is 2.15. The Morgan fingerprint density at radius 2 is 1.85 bits per heavy atom. The fourth-order valence-corrected chi connectivity index (χ4v) is 4.55. The first-order chi connectivity index (χ1) is 13.1. The molecule has 0 bridgehead atoms. The van der Waals surface area contributed by atoms with Gasteiger partial charge in [-0.3, -0.25) is 4.79 Å². The SMILES string of the molecule is Cc1ccc(C2=C(COc3ccc(CCCC(=O)O)cc3)CCCCC2)s1. The summed E-state index contributed by atoms with van der Waals surface area (Å²) in [6, 6.07) is 12.6. The Labute approximate surface area is 165 Å². The Morgan fingerprint density at radius 1 is 1.07 bits per heavy atom. The van der Waals surface area contributed by atoms with Crippen molar-refractivity contribution in [2.45, 2.75) is 58.3 Å². The molecule has 1 aliphatic rings. The molecule has 4 heteroatoms. The van der Waals surface area contributed by atoms with Crippen molar-refractivity contribution in [2.24, 2.45) is 0 Å². The minimum Gasteiger partial charge on any atom is -0.489 e. The van der Waals surface area contributed by atoms with Gasteiger partial charge in [0.2, 0.25) is 0 Å². The Balaban J connectivity index is 1.63. The molecule has 27 heavy (non-hydrogen) atoms. The molecule has 0 aliphatic heterocycles. The first-order valence-electron chi connectivity index (χ1n) is 9.83. The van der Waals surface area contributed by atoms with Gasteiger partial charge >= 0.3 is 5.97 Å². The molecule has 0 spiro atoms. The van der Waals surface area contributed by atoms with Crippen molar-refractivity contribution in [1.29, 1.82) is 0 Å². The third-order valence-electron chi connectivity index (χ3n) is 5.06. The molecular formula is C23H28O3S. The molecule has 1 aliphatic carbocycles. The zero-order chi connectivity index (χ0) is 19.1. The van der Waals surface area contributed by atoms with E-state index in [4.69, 9.17) is 9.84 Å². The Bertz CT molecular complexity index is 786. The maximum atomic E-state index is 10.6. The van der Waals surface area contributed by atoms with Gasteiger partial charge in [0.05, 0.1) is 0 Å². The lowest BCUT2D eigenvalue weighted by molar-refractivity contribution is -0.137. The number of aliphatic carboxylic acids is 1. The average Bonchev–Trinajstić information content (AvgIpc) is 2.94. The van der Waals surface area contributed by atoms with Crippen LogP contribution in [0.2, 0.25) is 0 Å². The Kier molecular flexibility index (Phi) is 7.11. The van der Waals surface area contributed by atoms with Crippen molar-refractivity contribution in [1.82, 2.24) is 0 Å². The molecule has 1 N–H and O–H groups in total. The second-order valence-corrected chi connectivity index (χ2v) is 8.52. The van der Waals surface area contributed by atoms with Crippen LogP contribution in [0.25, 0.3) is 5.57 Å². The number of benzene rings is 1. The fourth-order valence-electron chi connectivity index (χ4n) is 3.56. The van der Waals surface area contributed by atoms with Gasteiger partial charge in [-0.15, -0.1) is 11.3 Å². The topological polar surface area (TPSA) is 46.5 Å². The number of carbonyl (C=O) groups is 1. The van der Waals surface area contributed by atoms with Gasteiger partial charge < -0.3 is 9.84 Å². The maximum Gasteiger partial charge on any atom is 0.303 e. The second kappa shape index (κ2) is 9.75. The van der Waals surface area contributed by atoms with Gasteiger partial charge in [0.25, 0.3) is 0 Å². The summed E-state index contributed by atoms with van der Waals surface area (Å²) in [5.74, 6) is 0.152. The number of ether oxygens (including phenoxy) is 1. The molecule has 0 unspecified atom stereocenters. The highest BCUT2D eigenvalue weighted by atomic mass is 32.1. The summed E-state index contributed by atoms with van der Waals surface area (Å²) in [5.41, 5.74) is 4.10. The smallest absolute Gasteiger partial charge is 0.303 e. The molecule has 1 heterocycles. The minimum absolute atomic E-state index is 0.220. The van der Waals surface area contributed by atoms with Gasteiger partial charge in [-0.25, -0.2) is 0 Å². The fraction of sp³-hybridized carbons (Fsp3) is 0.435. The summed E-state index contributed by atoms with van der Waals surface area (Å²) in [5, 5.41) is 8.73. The molecule has 0 saturated carbocycles. The molecule has 0 amide bonds. The number of aryl methyl sites for hydroxylation is 2. The molecule has 0 saturated heterocycles. The molecule has 0 atom stereocenters. The van der Waals surface area contributed by atoms with Gasteiger partial charge in [0.1, 0.15) is 12.4 Å². The van der Waals surface area contributed by atoms with E-state index in [1.54, 1.807) is 0 Å². The third-order valence-corrected chi connectivity index (χ3v) is 6.12. The van der Waals surface area contributed by atoms with Crippen LogP contribution in [0.5, 0.6) is 5.75 Å². The molecule has 0 radical (unpaired) electrons. The molecule has 3 rings (SSSR count). The van der Waals surface area contributed by atoms with Gasteiger partial charge in [-0.05, 0) is 86.4 Å². The number of carboxylic acid groups (broad SMARTS) is 1. The molecule has 2 aromatic rings. The van der Waals surface area contributed by atoms with E-state index in [0.29, 0.717) is 13.0 Å². The van der Waals surface area contributed by atoms with Crippen LogP contribution in [0, 0.1) is 6.92 Å². The van der Waals surface area contributed by atoms with Gasteiger partial charge in [0, 0.05) is 16.2 Å². The van der Waals surface area contributed by atoms with E-state index in [1.165, 1.54) is 40.2 Å². The van der Waals surface area contributed by atoms with Crippen molar-refractivity contribution >= 4 is 22.9 Å². The van der Waals surface area contributed by atoms with Crippen LogP contribution in [0.15, 0.2) is 42.0 Å². The van der Waals surface area contributed by atoms with Crippen LogP contribution in [0.4, 0.5) is 0 Å². The summed E-state index contributed by atoms with van der Waals surface area (Å²) in [6.45, 7) is 2.82. The van der Waals surface area contributed by atoms with Crippen LogP contribution >= 0.6 is 11.3 Å². The van der Waals surface area contributed by atoms with Crippen molar-refractivity contribution in [2.75, 3.05) is 6.61 Å². The average molecular weight is 385 g/mol. The third kappa shape index (κ3) is 5.96. The highest BCUT2D eigenvalue weighted by Crippen LogP contribution is 2.35. The van der Waals surface area contributed by atoms with Crippen molar-refractivity contribution in [3.8, 4) is 5.75 Å². The van der Waals surface area contributed by atoms with Crippen molar-refractivity contribution in [3.05, 3.63) is 57.3 Å². The Morgan fingerprint density at radius 3 is 2.56 bits per heavy atom. The second-order valence-electron chi connectivity index (χ2n) is 7.23. The predicted octanol–water partition coefficient (Wildman–Crippen LogP) is 6.26. The number of thiophene rings is 1. The monoisotopic (exact) mass is 384 g/mol. The van der Waals surface area contributed by atoms with E-state index in [1.807, 2.05) is 35.6 Å². The lowest BCUT2D eigenvalue weighted by Gasteiger charge is -2.14. The van der Waals surface area contributed by atoms with Crippen molar-refractivity contribution in [3.63, 3.8) is 0 Å². The normalized spacial score (nSPS) is 14.9. The minimum atomic E-state index is -0.733. The number of hydrogen-bond acceptors (Lipinski definition) is 3. The lowest BCUT2D eigenvalue weighted by Crippen LogP contribution is -2.03. The standard InChI is InChI=1S/C23H28O3S/c1-17-10-15-22(27-17)21-8-4-2-3-7-19(21)16-26-20-13-11-18(12-14-20)6-5-9-23(24)25/h10-15H,2-9,16H2,1H3,(H,24,25). The molecule has 144 valence electrons. The summed E-state index contributed by atoms with van der Waals surface area (Å²) in [7, 11) is 0. The molecular weight excluding hydrogens is 356 g/mol. The van der Waals surface area contributed by atoms with Gasteiger partial charge in [0.15, 0.2) is 0 Å². The van der Waals surface area contributed by atoms with Crippen molar-refractivity contribution < 1.29 is 14.6 Å². The lowest BCUT2D eigenvalue weighted by atomic mass is 10.0. The van der Waals surface area contributed by atoms with Crippen LogP contribution < -0.4 is 4.74 Å². The van der Waals surface area contributed by atoms with Crippen LogP contribution in [-0.2, 0) is 11.2 Å². The van der Waals surface area contributed by atoms with E-state index in [9.17, 15) is 4.79 Å². The summed E-state index contributed by atoms with van der Waals surface area (Å²) in [4.78, 5) is 13.4. The summed E-state index contributed by atoms with van der Waals surface area (Å²) in [6.07, 6.45) is 7.77. The van der Waals surface area contributed by atoms with Crippen LogP contribution in [0.3, 0.4) is 0 Å². The molecule has 3 nitrogen and oxygen atoms in total. The predicted molar refractivity (Wildman–Crippen MR) is 112 cm³/mol. The van der Waals surface area contributed by atoms with E-state index >= 15 is 0 Å². The van der Waals surface area contributed by atoms with E-state index in [0.717, 1.165) is 30.6 Å². The van der Waals surface area contributed by atoms with Gasteiger partial charge in [-0.1, -0.05) is 18.6 Å². The summed E-state index contributed by atoms with van der Waals surface area (Å²) < 4.78 is 6.11.